The summed E-state index contributed by atoms with van der Waals surface area (Å²) in [4.78, 5) is 2.54. The number of aliphatic hydroxyl groups excluding tert-OH is 1. The number of aliphatic hydroxyl groups is 1. The van der Waals surface area contributed by atoms with Crippen molar-refractivity contribution in [3.8, 4) is 0 Å². The fraction of sp³-hybridized carbons (Fsp3) is 1.00. The molecule has 1 heterocycles. The second kappa shape index (κ2) is 7.94. The van der Waals surface area contributed by atoms with Gasteiger partial charge in [-0.15, -0.1) is 0 Å². The van der Waals surface area contributed by atoms with Gasteiger partial charge in [-0.05, 0) is 56.0 Å². The average Bonchev–Trinajstić information content (AvgIpc) is 2.43. The lowest BCUT2D eigenvalue weighted by Gasteiger charge is -2.46. The number of β-amino-alcohol motifs (C(OH)–C–C–N with tert-alkyl or cyclic N) is 1. The summed E-state index contributed by atoms with van der Waals surface area (Å²) in [5.74, 6) is 1.33. The van der Waals surface area contributed by atoms with E-state index in [0.29, 0.717) is 11.3 Å². The quantitative estimate of drug-likeness (QED) is 0.740. The van der Waals surface area contributed by atoms with Crippen molar-refractivity contribution in [2.75, 3.05) is 32.7 Å². The minimum absolute atomic E-state index is 0.125. The summed E-state index contributed by atoms with van der Waals surface area (Å²) in [6.45, 7) is 12.4. The maximum atomic E-state index is 10.2. The molecule has 1 saturated heterocycles. The van der Waals surface area contributed by atoms with E-state index in [0.717, 1.165) is 32.0 Å². The Morgan fingerprint density at radius 2 is 2.10 bits per heavy atom. The first-order valence-corrected chi connectivity index (χ1v) is 9.16. The molecule has 2 aliphatic rings. The van der Waals surface area contributed by atoms with Gasteiger partial charge in [0.2, 0.25) is 0 Å². The van der Waals surface area contributed by atoms with Crippen LogP contribution in [0.5, 0.6) is 0 Å². The molecule has 21 heavy (non-hydrogen) atoms. The van der Waals surface area contributed by atoms with Gasteiger partial charge in [0.05, 0.1) is 6.10 Å². The monoisotopic (exact) mass is 296 g/mol. The highest BCUT2D eigenvalue weighted by Gasteiger charge is 2.37. The minimum Gasteiger partial charge on any atom is -0.392 e. The topological polar surface area (TPSA) is 35.5 Å². The van der Waals surface area contributed by atoms with Gasteiger partial charge in [-0.25, -0.2) is 0 Å². The third-order valence-corrected chi connectivity index (χ3v) is 5.67. The molecule has 0 aromatic rings. The van der Waals surface area contributed by atoms with E-state index >= 15 is 0 Å². The van der Waals surface area contributed by atoms with Crippen molar-refractivity contribution < 1.29 is 5.11 Å². The van der Waals surface area contributed by atoms with Gasteiger partial charge in [0, 0.05) is 19.6 Å². The molecule has 124 valence electrons. The summed E-state index contributed by atoms with van der Waals surface area (Å²) in [6, 6.07) is 0. The van der Waals surface area contributed by atoms with Crippen LogP contribution in [0.2, 0.25) is 0 Å². The Balaban J connectivity index is 1.94. The molecule has 0 spiro atoms. The van der Waals surface area contributed by atoms with Gasteiger partial charge < -0.3 is 15.3 Å². The van der Waals surface area contributed by atoms with Crippen LogP contribution in [-0.2, 0) is 0 Å². The lowest BCUT2D eigenvalue weighted by molar-refractivity contribution is -0.00261. The Bertz CT molecular complexity index is 310. The predicted molar refractivity (Wildman–Crippen MR) is 89.5 cm³/mol. The van der Waals surface area contributed by atoms with Gasteiger partial charge in [-0.2, -0.15) is 0 Å². The second-order valence-electron chi connectivity index (χ2n) is 7.95. The molecule has 0 radical (unpaired) electrons. The standard InChI is InChI=1S/C18H36N2O/c1-4-9-19-13-18(8-5-6-15(2)11-18)14-20-10-7-16(3)17(21)12-20/h15-17,19,21H,4-14H2,1-3H3. The van der Waals surface area contributed by atoms with E-state index in [4.69, 9.17) is 0 Å². The predicted octanol–water partition coefficient (Wildman–Crippen LogP) is 2.89. The van der Waals surface area contributed by atoms with E-state index in [9.17, 15) is 5.11 Å². The van der Waals surface area contributed by atoms with E-state index < -0.39 is 0 Å². The van der Waals surface area contributed by atoms with E-state index in [1.165, 1.54) is 45.2 Å². The van der Waals surface area contributed by atoms with E-state index in [1.807, 2.05) is 0 Å². The van der Waals surface area contributed by atoms with Gasteiger partial charge in [0.1, 0.15) is 0 Å². The Morgan fingerprint density at radius 1 is 1.29 bits per heavy atom. The van der Waals surface area contributed by atoms with Crippen molar-refractivity contribution >= 4 is 0 Å². The Labute approximate surface area is 131 Å². The van der Waals surface area contributed by atoms with Crippen LogP contribution in [0.1, 0.15) is 59.3 Å². The number of likely N-dealkylation sites (tertiary alicyclic amines) is 1. The van der Waals surface area contributed by atoms with Gasteiger partial charge >= 0.3 is 0 Å². The lowest BCUT2D eigenvalue weighted by Crippen LogP contribution is -2.51. The fourth-order valence-corrected chi connectivity index (χ4v) is 4.39. The minimum atomic E-state index is -0.125. The van der Waals surface area contributed by atoms with Crippen molar-refractivity contribution in [2.45, 2.75) is 65.4 Å². The van der Waals surface area contributed by atoms with Gasteiger partial charge in [-0.3, -0.25) is 0 Å². The molecule has 1 aliphatic heterocycles. The van der Waals surface area contributed by atoms with Crippen LogP contribution in [0, 0.1) is 17.3 Å². The van der Waals surface area contributed by atoms with Crippen LogP contribution >= 0.6 is 0 Å². The number of hydrogen-bond donors (Lipinski definition) is 2. The van der Waals surface area contributed by atoms with Crippen LogP contribution in [-0.4, -0.2) is 48.8 Å². The van der Waals surface area contributed by atoms with Crippen LogP contribution in [0.15, 0.2) is 0 Å². The summed E-state index contributed by atoms with van der Waals surface area (Å²) in [5.41, 5.74) is 0.438. The molecule has 1 aliphatic carbocycles. The Hall–Kier alpha value is -0.120. The van der Waals surface area contributed by atoms with Crippen molar-refractivity contribution in [3.05, 3.63) is 0 Å². The fourth-order valence-electron chi connectivity index (χ4n) is 4.39. The van der Waals surface area contributed by atoms with Gasteiger partial charge in [0.25, 0.3) is 0 Å². The summed E-state index contributed by atoms with van der Waals surface area (Å²) in [5, 5.41) is 13.9. The van der Waals surface area contributed by atoms with Crippen LogP contribution < -0.4 is 5.32 Å². The molecule has 1 saturated carbocycles. The van der Waals surface area contributed by atoms with E-state index in [1.54, 1.807) is 0 Å². The highest BCUT2D eigenvalue weighted by molar-refractivity contribution is 4.91. The smallest absolute Gasteiger partial charge is 0.0693 e. The molecule has 0 bridgehead atoms. The normalized spacial score (nSPS) is 38.6. The van der Waals surface area contributed by atoms with Crippen molar-refractivity contribution in [2.24, 2.45) is 17.3 Å². The summed E-state index contributed by atoms with van der Waals surface area (Å²) in [6.07, 6.45) is 7.72. The molecule has 0 aromatic heterocycles. The number of piperidine rings is 1. The molecule has 3 nitrogen and oxygen atoms in total. The highest BCUT2D eigenvalue weighted by Crippen LogP contribution is 2.40. The van der Waals surface area contributed by atoms with Crippen LogP contribution in [0.4, 0.5) is 0 Å². The van der Waals surface area contributed by atoms with Crippen LogP contribution in [0.25, 0.3) is 0 Å². The first kappa shape index (κ1) is 17.2. The third kappa shape index (κ3) is 4.94. The Kier molecular flexibility index (Phi) is 6.51. The molecule has 4 atom stereocenters. The number of hydrogen-bond acceptors (Lipinski definition) is 3. The first-order valence-electron chi connectivity index (χ1n) is 9.16. The molecule has 3 heteroatoms. The zero-order chi connectivity index (χ0) is 15.3. The van der Waals surface area contributed by atoms with Crippen molar-refractivity contribution in [1.29, 1.82) is 0 Å². The maximum Gasteiger partial charge on any atom is 0.0693 e. The first-order chi connectivity index (χ1) is 10.0. The molecule has 2 rings (SSSR count). The second-order valence-corrected chi connectivity index (χ2v) is 7.95. The van der Waals surface area contributed by atoms with Gasteiger partial charge in [0.15, 0.2) is 0 Å². The van der Waals surface area contributed by atoms with Crippen molar-refractivity contribution in [1.82, 2.24) is 10.2 Å². The zero-order valence-corrected chi connectivity index (χ0v) is 14.4. The number of nitrogens with one attached hydrogen (secondary N) is 1. The summed E-state index contributed by atoms with van der Waals surface area (Å²) in [7, 11) is 0. The molecule has 0 aromatic carbocycles. The summed E-state index contributed by atoms with van der Waals surface area (Å²) < 4.78 is 0. The number of rotatable bonds is 6. The molecule has 2 N–H and O–H groups in total. The molecular formula is C18H36N2O. The average molecular weight is 296 g/mol. The SMILES string of the molecule is CCCNCC1(CN2CCC(C)C(O)C2)CCCC(C)C1. The molecular weight excluding hydrogens is 260 g/mol. The molecule has 2 fully saturated rings. The van der Waals surface area contributed by atoms with Crippen LogP contribution in [0.3, 0.4) is 0 Å². The maximum absolute atomic E-state index is 10.2. The summed E-state index contributed by atoms with van der Waals surface area (Å²) >= 11 is 0. The lowest BCUT2D eigenvalue weighted by atomic mass is 9.69. The highest BCUT2D eigenvalue weighted by atomic mass is 16.3. The third-order valence-electron chi connectivity index (χ3n) is 5.67. The largest absolute Gasteiger partial charge is 0.392 e. The molecule has 0 amide bonds. The van der Waals surface area contributed by atoms with E-state index in [-0.39, 0.29) is 6.10 Å². The zero-order valence-electron chi connectivity index (χ0n) is 14.4. The number of nitrogens with zero attached hydrogens (tertiary/aromatic N) is 1. The Morgan fingerprint density at radius 3 is 2.76 bits per heavy atom. The van der Waals surface area contributed by atoms with Crippen molar-refractivity contribution in [3.63, 3.8) is 0 Å². The molecule has 4 unspecified atom stereocenters. The van der Waals surface area contributed by atoms with Gasteiger partial charge in [-0.1, -0.05) is 33.6 Å². The van der Waals surface area contributed by atoms with E-state index in [2.05, 4.69) is 31.0 Å².